The second-order valence-corrected chi connectivity index (χ2v) is 10.7. The van der Waals surface area contributed by atoms with Gasteiger partial charge >= 0.3 is 0 Å². The minimum Gasteiger partial charge on any atom is -0.353 e. The Morgan fingerprint density at radius 1 is 0.865 bits per heavy atom. The van der Waals surface area contributed by atoms with Crippen molar-refractivity contribution < 1.29 is 14.4 Å². The number of pyridine rings is 1. The van der Waals surface area contributed by atoms with Gasteiger partial charge in [0, 0.05) is 63.6 Å². The van der Waals surface area contributed by atoms with Gasteiger partial charge in [-0.3, -0.25) is 14.4 Å². The van der Waals surface area contributed by atoms with Crippen LogP contribution in [0.2, 0.25) is 0 Å². The van der Waals surface area contributed by atoms with Crippen LogP contribution in [0.1, 0.15) is 70.9 Å². The number of piperidine rings is 1. The van der Waals surface area contributed by atoms with Crippen molar-refractivity contribution in [1.82, 2.24) is 14.8 Å². The minimum absolute atomic E-state index is 0.0686. The van der Waals surface area contributed by atoms with E-state index in [0.717, 1.165) is 42.6 Å². The number of hydrogen-bond acceptors (Lipinski definition) is 5. The largest absolute Gasteiger partial charge is 0.353 e. The fourth-order valence-corrected chi connectivity index (χ4v) is 5.87. The second-order valence-electron chi connectivity index (χ2n) is 10.7. The Bertz CT molecular complexity index is 1200. The van der Waals surface area contributed by atoms with Gasteiger partial charge in [-0.1, -0.05) is 6.07 Å². The molecule has 0 bridgehead atoms. The number of likely N-dealkylation sites (tertiary alicyclic amines) is 1. The van der Waals surface area contributed by atoms with Gasteiger partial charge < -0.3 is 19.6 Å². The molecular weight excluding hydrogens is 466 g/mol. The number of anilines is 2. The molecular formula is C29H37N5O3. The van der Waals surface area contributed by atoms with Crippen molar-refractivity contribution >= 4 is 29.2 Å². The zero-order chi connectivity index (χ0) is 26.1. The standard InChI is InChI=1S/C29H37N5O3/c1-20-17-21(2)27(30-19-20)31-13-15-33(16-14-31)28(36)24-9-8-23(34-22(3)7-10-26(34)35)18-25(24)29(37)32-11-5-4-6-12-32/h8-9,17-19,22H,4-7,10-16H2,1-3H3. The van der Waals surface area contributed by atoms with Crippen LogP contribution in [0.5, 0.6) is 0 Å². The highest BCUT2D eigenvalue weighted by Crippen LogP contribution is 2.30. The third-order valence-electron chi connectivity index (χ3n) is 7.92. The van der Waals surface area contributed by atoms with Gasteiger partial charge in [0.2, 0.25) is 5.91 Å². The molecule has 196 valence electrons. The second kappa shape index (κ2) is 10.5. The summed E-state index contributed by atoms with van der Waals surface area (Å²) in [6, 6.07) is 7.57. The number of aryl methyl sites for hydroxylation is 2. The molecule has 1 aromatic carbocycles. The number of aromatic nitrogens is 1. The number of carbonyl (C=O) groups is 3. The van der Waals surface area contributed by atoms with E-state index in [1.165, 1.54) is 0 Å². The monoisotopic (exact) mass is 503 g/mol. The van der Waals surface area contributed by atoms with Crippen LogP contribution in [-0.4, -0.2) is 77.8 Å². The number of carbonyl (C=O) groups excluding carboxylic acids is 3. The average Bonchev–Trinajstić information content (AvgIpc) is 3.25. The molecule has 0 spiro atoms. The highest BCUT2D eigenvalue weighted by atomic mass is 16.2. The zero-order valence-corrected chi connectivity index (χ0v) is 22.2. The van der Waals surface area contributed by atoms with E-state index in [0.29, 0.717) is 62.5 Å². The highest BCUT2D eigenvalue weighted by Gasteiger charge is 2.33. The van der Waals surface area contributed by atoms with Gasteiger partial charge in [-0.05, 0) is 75.8 Å². The molecule has 8 heteroatoms. The van der Waals surface area contributed by atoms with Gasteiger partial charge in [-0.2, -0.15) is 0 Å². The fourth-order valence-electron chi connectivity index (χ4n) is 5.87. The molecule has 3 aliphatic heterocycles. The topological polar surface area (TPSA) is 77.1 Å². The Hall–Kier alpha value is -3.42. The third-order valence-corrected chi connectivity index (χ3v) is 7.92. The van der Waals surface area contributed by atoms with Crippen LogP contribution in [0.3, 0.4) is 0 Å². The molecule has 0 aliphatic carbocycles. The summed E-state index contributed by atoms with van der Waals surface area (Å²) in [4.78, 5) is 52.3. The first kappa shape index (κ1) is 25.2. The van der Waals surface area contributed by atoms with Crippen LogP contribution in [0, 0.1) is 13.8 Å². The Morgan fingerprint density at radius 2 is 1.54 bits per heavy atom. The normalized spacial score (nSPS) is 20.5. The average molecular weight is 504 g/mol. The van der Waals surface area contributed by atoms with Crippen LogP contribution in [0.4, 0.5) is 11.5 Å². The molecule has 1 aromatic heterocycles. The molecule has 37 heavy (non-hydrogen) atoms. The molecule has 1 unspecified atom stereocenters. The van der Waals surface area contributed by atoms with Crippen molar-refractivity contribution in [2.24, 2.45) is 0 Å². The first-order valence-corrected chi connectivity index (χ1v) is 13.6. The third kappa shape index (κ3) is 5.06. The lowest BCUT2D eigenvalue weighted by atomic mass is 10.0. The molecule has 3 fully saturated rings. The van der Waals surface area contributed by atoms with Crippen molar-refractivity contribution in [3.8, 4) is 0 Å². The van der Waals surface area contributed by atoms with Crippen molar-refractivity contribution in [2.45, 2.75) is 58.9 Å². The zero-order valence-electron chi connectivity index (χ0n) is 22.2. The number of hydrogen-bond donors (Lipinski definition) is 0. The minimum atomic E-state index is -0.124. The van der Waals surface area contributed by atoms with E-state index in [1.807, 2.05) is 35.9 Å². The van der Waals surface area contributed by atoms with E-state index in [4.69, 9.17) is 0 Å². The maximum Gasteiger partial charge on any atom is 0.254 e. The first-order valence-electron chi connectivity index (χ1n) is 13.6. The predicted molar refractivity (Wildman–Crippen MR) is 144 cm³/mol. The van der Waals surface area contributed by atoms with Crippen LogP contribution in [0.15, 0.2) is 30.5 Å². The smallest absolute Gasteiger partial charge is 0.254 e. The summed E-state index contributed by atoms with van der Waals surface area (Å²) in [5.41, 5.74) is 3.81. The maximum atomic E-state index is 13.8. The molecule has 8 nitrogen and oxygen atoms in total. The number of benzene rings is 1. The van der Waals surface area contributed by atoms with E-state index in [1.54, 1.807) is 17.0 Å². The first-order chi connectivity index (χ1) is 17.8. The van der Waals surface area contributed by atoms with Crippen LogP contribution in [-0.2, 0) is 4.79 Å². The molecule has 3 amide bonds. The summed E-state index contributed by atoms with van der Waals surface area (Å²) >= 11 is 0. The Labute approximate surface area is 219 Å². The number of rotatable bonds is 4. The van der Waals surface area contributed by atoms with Crippen molar-refractivity contribution in [2.75, 3.05) is 49.1 Å². The van der Waals surface area contributed by atoms with E-state index in [9.17, 15) is 14.4 Å². The number of amides is 3. The van der Waals surface area contributed by atoms with Crippen molar-refractivity contribution in [1.29, 1.82) is 0 Å². The number of nitrogens with zero attached hydrogens (tertiary/aromatic N) is 5. The van der Waals surface area contributed by atoms with Gasteiger partial charge in [0.15, 0.2) is 0 Å². The maximum absolute atomic E-state index is 13.8. The van der Waals surface area contributed by atoms with E-state index < -0.39 is 0 Å². The van der Waals surface area contributed by atoms with Crippen molar-refractivity contribution in [3.63, 3.8) is 0 Å². The van der Waals surface area contributed by atoms with Gasteiger partial charge in [-0.25, -0.2) is 4.98 Å². The lowest BCUT2D eigenvalue weighted by Gasteiger charge is -2.36. The van der Waals surface area contributed by atoms with Gasteiger partial charge in [-0.15, -0.1) is 0 Å². The van der Waals surface area contributed by atoms with E-state index in [-0.39, 0.29) is 23.8 Å². The van der Waals surface area contributed by atoms with Crippen molar-refractivity contribution in [3.05, 3.63) is 52.7 Å². The van der Waals surface area contributed by atoms with Crippen LogP contribution < -0.4 is 9.80 Å². The molecule has 4 heterocycles. The number of piperazine rings is 1. The van der Waals surface area contributed by atoms with Gasteiger partial charge in [0.1, 0.15) is 5.82 Å². The van der Waals surface area contributed by atoms with Gasteiger partial charge in [0.25, 0.3) is 11.8 Å². The highest BCUT2D eigenvalue weighted by molar-refractivity contribution is 6.09. The molecule has 1 atom stereocenters. The summed E-state index contributed by atoms with van der Waals surface area (Å²) in [6.07, 6.45) is 6.27. The molecule has 2 aromatic rings. The summed E-state index contributed by atoms with van der Waals surface area (Å²) in [5, 5.41) is 0. The predicted octanol–water partition coefficient (Wildman–Crippen LogP) is 3.80. The Kier molecular flexibility index (Phi) is 7.17. The lowest BCUT2D eigenvalue weighted by molar-refractivity contribution is -0.117. The van der Waals surface area contributed by atoms with E-state index >= 15 is 0 Å². The molecule has 3 saturated heterocycles. The molecule has 3 aliphatic rings. The quantitative estimate of drug-likeness (QED) is 0.634. The SMILES string of the molecule is Cc1cnc(N2CCN(C(=O)c3ccc(N4C(=O)CCC4C)cc3C(=O)N3CCCCC3)CC2)c(C)c1. The fraction of sp³-hybridized carbons (Fsp3) is 0.517. The van der Waals surface area contributed by atoms with Gasteiger partial charge in [0.05, 0.1) is 11.1 Å². The summed E-state index contributed by atoms with van der Waals surface area (Å²) in [5.74, 6) is 0.801. The van der Waals surface area contributed by atoms with Crippen LogP contribution in [0.25, 0.3) is 0 Å². The summed E-state index contributed by atoms with van der Waals surface area (Å²) in [6.45, 7) is 10.1. The molecule has 0 N–H and O–H groups in total. The van der Waals surface area contributed by atoms with E-state index in [2.05, 4.69) is 22.9 Å². The summed E-state index contributed by atoms with van der Waals surface area (Å²) < 4.78 is 0. The lowest BCUT2D eigenvalue weighted by Crippen LogP contribution is -2.49. The molecule has 0 saturated carbocycles. The Balaban J connectivity index is 1.39. The van der Waals surface area contributed by atoms with Crippen LogP contribution >= 0.6 is 0 Å². The summed E-state index contributed by atoms with van der Waals surface area (Å²) in [7, 11) is 0. The molecule has 5 rings (SSSR count). The molecule has 0 radical (unpaired) electrons. The Morgan fingerprint density at radius 3 is 2.19 bits per heavy atom.